The van der Waals surface area contributed by atoms with Gasteiger partial charge in [0.1, 0.15) is 6.61 Å². The highest BCUT2D eigenvalue weighted by Gasteiger charge is 2.21. The van der Waals surface area contributed by atoms with Crippen LogP contribution in [0.2, 0.25) is 0 Å². The first-order chi connectivity index (χ1) is 5.68. The lowest BCUT2D eigenvalue weighted by Crippen LogP contribution is -2.01. The Hall–Kier alpha value is -0.350. The van der Waals surface area contributed by atoms with E-state index in [1.54, 1.807) is 0 Å². The average Bonchev–Trinajstić information content (AvgIpc) is 2.12. The van der Waals surface area contributed by atoms with Crippen molar-refractivity contribution in [3.8, 4) is 0 Å². The minimum Gasteiger partial charge on any atom is -0.499 e. The number of phosphoric acid groups is 1. The highest BCUT2D eigenvalue weighted by Crippen LogP contribution is 2.47. The Kier molecular flexibility index (Phi) is 6.02. The monoisotopic (exact) mass is 196 g/mol. The Labute approximate surface area is 71.9 Å². The van der Waals surface area contributed by atoms with Gasteiger partial charge in [-0.2, -0.15) is 0 Å². The molecule has 0 bridgehead atoms. The molecule has 72 valence electrons. The molecular weight excluding hydrogens is 183 g/mol. The lowest BCUT2D eigenvalue weighted by Gasteiger charge is -2.12. The molecule has 0 unspecified atom stereocenters. The summed E-state index contributed by atoms with van der Waals surface area (Å²) in [4.78, 5) is 0. The highest BCUT2D eigenvalue weighted by atomic mass is 31.2. The second kappa shape index (κ2) is 6.20. The van der Waals surface area contributed by atoms with Crippen molar-refractivity contribution in [2.45, 2.75) is 0 Å². The van der Waals surface area contributed by atoms with E-state index >= 15 is 0 Å². The van der Waals surface area contributed by atoms with E-state index in [0.717, 1.165) is 0 Å². The van der Waals surface area contributed by atoms with E-state index in [-0.39, 0.29) is 13.2 Å². The van der Waals surface area contributed by atoms with Crippen LogP contribution in [-0.4, -0.2) is 27.4 Å². The lowest BCUT2D eigenvalue weighted by molar-refractivity contribution is 0.118. The molecule has 12 heavy (non-hydrogen) atoms. The number of hydrogen-bond donors (Lipinski definition) is 0. The highest BCUT2D eigenvalue weighted by molar-refractivity contribution is 7.48. The zero-order valence-corrected chi connectivity index (χ0v) is 8.08. The van der Waals surface area contributed by atoms with Crippen molar-refractivity contribution in [1.29, 1.82) is 0 Å². The quantitative estimate of drug-likeness (QED) is 0.351. The van der Waals surface area contributed by atoms with Crippen LogP contribution in [0.15, 0.2) is 12.8 Å². The van der Waals surface area contributed by atoms with Gasteiger partial charge in [-0.15, -0.1) is 0 Å². The molecule has 0 aliphatic rings. The van der Waals surface area contributed by atoms with Crippen molar-refractivity contribution in [3.05, 3.63) is 12.8 Å². The molecule has 0 aliphatic heterocycles. The molecule has 0 saturated carbocycles. The van der Waals surface area contributed by atoms with Crippen molar-refractivity contribution >= 4 is 7.82 Å². The van der Waals surface area contributed by atoms with Gasteiger partial charge in [0.15, 0.2) is 0 Å². The van der Waals surface area contributed by atoms with Gasteiger partial charge in [-0.05, 0) is 0 Å². The number of rotatable bonds is 7. The number of ether oxygens (including phenoxy) is 1. The van der Waals surface area contributed by atoms with E-state index in [4.69, 9.17) is 9.26 Å². The summed E-state index contributed by atoms with van der Waals surface area (Å²) >= 11 is 0. The molecule has 0 spiro atoms. The molecule has 0 aromatic carbocycles. The van der Waals surface area contributed by atoms with Gasteiger partial charge >= 0.3 is 7.82 Å². The van der Waals surface area contributed by atoms with Crippen LogP contribution in [0.1, 0.15) is 0 Å². The van der Waals surface area contributed by atoms with Crippen molar-refractivity contribution in [2.24, 2.45) is 0 Å². The first kappa shape index (κ1) is 11.6. The SMILES string of the molecule is C=COCCOP(=O)(OC)OC. The summed E-state index contributed by atoms with van der Waals surface area (Å²) in [6.07, 6.45) is 1.27. The van der Waals surface area contributed by atoms with Crippen LogP contribution in [0, 0.1) is 0 Å². The summed E-state index contributed by atoms with van der Waals surface area (Å²) in [5.74, 6) is 0. The van der Waals surface area contributed by atoms with Crippen molar-refractivity contribution < 1.29 is 22.9 Å². The fourth-order valence-electron chi connectivity index (χ4n) is 0.460. The average molecular weight is 196 g/mol. The molecule has 6 heteroatoms. The van der Waals surface area contributed by atoms with Crippen LogP contribution in [0.5, 0.6) is 0 Å². The minimum absolute atomic E-state index is 0.130. The van der Waals surface area contributed by atoms with Gasteiger partial charge in [-0.25, -0.2) is 4.57 Å². The molecule has 0 atom stereocenters. The zero-order valence-electron chi connectivity index (χ0n) is 7.19. The van der Waals surface area contributed by atoms with Crippen molar-refractivity contribution in [1.82, 2.24) is 0 Å². The summed E-state index contributed by atoms with van der Waals surface area (Å²) in [5.41, 5.74) is 0. The second-order valence-electron chi connectivity index (χ2n) is 1.68. The smallest absolute Gasteiger partial charge is 0.474 e. The lowest BCUT2D eigenvalue weighted by atomic mass is 10.8. The van der Waals surface area contributed by atoms with Gasteiger partial charge in [0.2, 0.25) is 0 Å². The molecule has 0 fully saturated rings. The van der Waals surface area contributed by atoms with Gasteiger partial charge in [0.05, 0.1) is 12.9 Å². The van der Waals surface area contributed by atoms with Gasteiger partial charge in [-0.1, -0.05) is 6.58 Å². The van der Waals surface area contributed by atoms with Crippen LogP contribution < -0.4 is 0 Å². The van der Waals surface area contributed by atoms with Crippen LogP contribution in [0.4, 0.5) is 0 Å². The summed E-state index contributed by atoms with van der Waals surface area (Å²) in [6, 6.07) is 0. The Morgan fingerprint density at radius 1 is 1.33 bits per heavy atom. The molecule has 0 aromatic rings. The predicted octanol–water partition coefficient (Wildman–Crippen LogP) is 1.56. The summed E-state index contributed by atoms with van der Waals surface area (Å²) in [6.45, 7) is 3.72. The molecule has 0 radical (unpaired) electrons. The van der Waals surface area contributed by atoms with Crippen LogP contribution in [0.25, 0.3) is 0 Å². The molecule has 0 heterocycles. The van der Waals surface area contributed by atoms with Crippen molar-refractivity contribution in [3.63, 3.8) is 0 Å². The van der Waals surface area contributed by atoms with Crippen LogP contribution in [0.3, 0.4) is 0 Å². The maximum absolute atomic E-state index is 11.2. The van der Waals surface area contributed by atoms with E-state index in [2.05, 4.69) is 15.6 Å². The van der Waals surface area contributed by atoms with Crippen molar-refractivity contribution in [2.75, 3.05) is 27.4 Å². The van der Waals surface area contributed by atoms with E-state index in [9.17, 15) is 4.57 Å². The molecule has 0 aliphatic carbocycles. The van der Waals surface area contributed by atoms with Gasteiger partial charge in [-0.3, -0.25) is 13.6 Å². The topological polar surface area (TPSA) is 54.0 Å². The minimum atomic E-state index is -3.34. The third-order valence-corrected chi connectivity index (χ3v) is 2.41. The van der Waals surface area contributed by atoms with Crippen LogP contribution in [-0.2, 0) is 22.9 Å². The molecular formula is C6H13O5P. The molecule has 0 rings (SSSR count). The Bertz CT molecular complexity index is 161. The fourth-order valence-corrected chi connectivity index (χ4v) is 1.12. The van der Waals surface area contributed by atoms with E-state index in [1.807, 2.05) is 0 Å². The Balaban J connectivity index is 3.59. The van der Waals surface area contributed by atoms with E-state index in [0.29, 0.717) is 0 Å². The maximum atomic E-state index is 11.2. The maximum Gasteiger partial charge on any atom is 0.474 e. The standard InChI is InChI=1S/C6H13O5P/c1-4-10-5-6-11-12(7,8-2)9-3/h4H,1,5-6H2,2-3H3. The first-order valence-corrected chi connectivity index (χ1v) is 4.73. The summed E-state index contributed by atoms with van der Waals surface area (Å²) in [5, 5.41) is 0. The normalized spacial score (nSPS) is 11.2. The first-order valence-electron chi connectivity index (χ1n) is 3.27. The summed E-state index contributed by atoms with van der Waals surface area (Å²) in [7, 11) is -0.838. The number of phosphoric ester groups is 1. The second-order valence-corrected chi connectivity index (χ2v) is 3.57. The van der Waals surface area contributed by atoms with E-state index in [1.165, 1.54) is 20.5 Å². The van der Waals surface area contributed by atoms with Crippen LogP contribution >= 0.6 is 7.82 Å². The Morgan fingerprint density at radius 2 is 1.92 bits per heavy atom. The van der Waals surface area contributed by atoms with Gasteiger partial charge in [0, 0.05) is 14.2 Å². The third kappa shape index (κ3) is 4.51. The molecule has 0 N–H and O–H groups in total. The number of hydrogen-bond acceptors (Lipinski definition) is 5. The largest absolute Gasteiger partial charge is 0.499 e. The van der Waals surface area contributed by atoms with Gasteiger partial charge in [0.25, 0.3) is 0 Å². The van der Waals surface area contributed by atoms with Gasteiger partial charge < -0.3 is 4.74 Å². The predicted molar refractivity (Wildman–Crippen MR) is 43.7 cm³/mol. The zero-order chi connectivity index (χ0) is 9.45. The molecule has 0 amide bonds. The Morgan fingerprint density at radius 3 is 2.33 bits per heavy atom. The van der Waals surface area contributed by atoms with E-state index < -0.39 is 7.82 Å². The fraction of sp³-hybridized carbons (Fsp3) is 0.667. The molecule has 5 nitrogen and oxygen atoms in total. The third-order valence-electron chi connectivity index (χ3n) is 1.02. The molecule has 0 saturated heterocycles. The summed E-state index contributed by atoms with van der Waals surface area (Å²) < 4.78 is 29.7. The molecule has 0 aromatic heterocycles.